The first-order valence-corrected chi connectivity index (χ1v) is 6.34. The Labute approximate surface area is 151 Å². The van der Waals surface area contributed by atoms with E-state index in [4.69, 9.17) is 40.9 Å². The molecule has 3 radical (unpaired) electrons. The zero-order valence-corrected chi connectivity index (χ0v) is 13.4. The molecule has 14 nitrogen and oxygen atoms in total. The van der Waals surface area contributed by atoms with E-state index < -0.39 is 72.7 Å². The molecule has 0 saturated heterocycles. The second kappa shape index (κ2) is 11.4. The predicted molar refractivity (Wildman–Crippen MR) is 79.9 cm³/mol. The van der Waals surface area contributed by atoms with Gasteiger partial charge >= 0.3 is 35.8 Å². The summed E-state index contributed by atoms with van der Waals surface area (Å²) < 4.78 is 0. The van der Waals surface area contributed by atoms with Crippen molar-refractivity contribution < 1.29 is 69.6 Å². The van der Waals surface area contributed by atoms with Gasteiger partial charge in [0.1, 0.15) is 0 Å². The Kier molecular flexibility index (Phi) is 12.1. The van der Waals surface area contributed by atoms with Crippen LogP contribution in [-0.4, -0.2) is 96.3 Å². The first-order valence-electron chi connectivity index (χ1n) is 6.34. The van der Waals surface area contributed by atoms with E-state index in [2.05, 4.69) is 0 Å². The van der Waals surface area contributed by atoms with Crippen LogP contribution in [0.25, 0.3) is 0 Å². The molecule has 0 spiro atoms. The Morgan fingerprint density at radius 2 is 0.630 bits per heavy atom. The summed E-state index contributed by atoms with van der Waals surface area (Å²) in [6.07, 6.45) is -4.58. The van der Waals surface area contributed by atoms with Gasteiger partial charge in [0.15, 0.2) is 11.2 Å². The monoisotopic (exact) mass is 395 g/mol. The molecular formula is C12H16BO14. The molecule has 0 aliphatic rings. The van der Waals surface area contributed by atoms with Crippen molar-refractivity contribution in [2.24, 2.45) is 0 Å². The van der Waals surface area contributed by atoms with Crippen LogP contribution < -0.4 is 0 Å². The maximum absolute atomic E-state index is 10.3. The summed E-state index contributed by atoms with van der Waals surface area (Å²) in [4.78, 5) is 61.0. The SMILES string of the molecule is O=C(O)CC(O)(CC(=O)O)C(=O)O.O=C(O)CC(O)(CC(=O)O)C(=O)O.[B]. The Morgan fingerprint density at radius 3 is 0.704 bits per heavy atom. The largest absolute Gasteiger partial charge is 0.481 e. The molecule has 0 atom stereocenters. The fourth-order valence-corrected chi connectivity index (χ4v) is 1.43. The Bertz CT molecular complexity index is 513. The summed E-state index contributed by atoms with van der Waals surface area (Å²) in [6, 6.07) is 0. The van der Waals surface area contributed by atoms with E-state index in [1.165, 1.54) is 0 Å². The van der Waals surface area contributed by atoms with Gasteiger partial charge in [0.05, 0.1) is 25.7 Å². The van der Waals surface area contributed by atoms with Crippen LogP contribution in [0.4, 0.5) is 0 Å². The molecule has 0 aliphatic carbocycles. The molecular weight excluding hydrogens is 379 g/mol. The van der Waals surface area contributed by atoms with Crippen molar-refractivity contribution in [1.82, 2.24) is 0 Å². The van der Waals surface area contributed by atoms with Crippen LogP contribution in [0.2, 0.25) is 0 Å². The summed E-state index contributed by atoms with van der Waals surface area (Å²) in [5.41, 5.74) is -5.48. The molecule has 0 aromatic heterocycles. The first kappa shape index (κ1) is 28.6. The van der Waals surface area contributed by atoms with Gasteiger partial charge in [0.25, 0.3) is 0 Å². The Morgan fingerprint density at radius 1 is 0.481 bits per heavy atom. The minimum absolute atomic E-state index is 0. The molecule has 15 heteroatoms. The highest BCUT2D eigenvalue weighted by atomic mass is 16.4. The fourth-order valence-electron chi connectivity index (χ4n) is 1.43. The summed E-state index contributed by atoms with van der Waals surface area (Å²) in [7, 11) is 0. The third-order valence-corrected chi connectivity index (χ3v) is 2.57. The topological polar surface area (TPSA) is 264 Å². The second-order valence-electron chi connectivity index (χ2n) is 4.96. The van der Waals surface area contributed by atoms with E-state index in [1.807, 2.05) is 0 Å². The number of hydrogen-bond acceptors (Lipinski definition) is 8. The third kappa shape index (κ3) is 11.9. The number of carbonyl (C=O) groups is 6. The van der Waals surface area contributed by atoms with Gasteiger partial charge in [-0.25, -0.2) is 9.59 Å². The summed E-state index contributed by atoms with van der Waals surface area (Å²) in [5, 5.41) is 67.6. The number of carboxylic acid groups (broad SMARTS) is 6. The number of aliphatic hydroxyl groups is 2. The molecule has 0 rings (SSSR count). The molecule has 0 heterocycles. The second-order valence-corrected chi connectivity index (χ2v) is 4.96. The average molecular weight is 395 g/mol. The van der Waals surface area contributed by atoms with Crippen molar-refractivity contribution in [3.8, 4) is 0 Å². The Balaban J connectivity index is -0.000000411. The number of hydrogen-bond donors (Lipinski definition) is 8. The zero-order valence-electron chi connectivity index (χ0n) is 13.4. The highest BCUT2D eigenvalue weighted by Crippen LogP contribution is 2.16. The molecule has 27 heavy (non-hydrogen) atoms. The van der Waals surface area contributed by atoms with Crippen LogP contribution in [0.5, 0.6) is 0 Å². The van der Waals surface area contributed by atoms with Crippen LogP contribution >= 0.6 is 0 Å². The molecule has 0 bridgehead atoms. The van der Waals surface area contributed by atoms with Gasteiger partial charge in [-0.1, -0.05) is 0 Å². The smallest absolute Gasteiger partial charge is 0.336 e. The molecule has 151 valence electrons. The highest BCUT2D eigenvalue weighted by molar-refractivity contribution is 5.88. The van der Waals surface area contributed by atoms with E-state index in [-0.39, 0.29) is 8.41 Å². The molecule has 0 saturated carbocycles. The number of carboxylic acids is 6. The molecule has 0 aromatic carbocycles. The number of aliphatic carboxylic acids is 6. The molecule has 0 unspecified atom stereocenters. The van der Waals surface area contributed by atoms with Crippen molar-refractivity contribution in [2.45, 2.75) is 36.9 Å². The summed E-state index contributed by atoms with van der Waals surface area (Å²) in [5.74, 6) is -10.0. The van der Waals surface area contributed by atoms with Crippen molar-refractivity contribution in [3.05, 3.63) is 0 Å². The molecule has 8 N–H and O–H groups in total. The van der Waals surface area contributed by atoms with Crippen molar-refractivity contribution >= 4 is 44.2 Å². The molecule has 0 aliphatic heterocycles. The van der Waals surface area contributed by atoms with Gasteiger partial charge < -0.3 is 40.9 Å². The molecule has 0 amide bonds. The Hall–Kier alpha value is -3.20. The van der Waals surface area contributed by atoms with Crippen LogP contribution in [0.3, 0.4) is 0 Å². The lowest BCUT2D eigenvalue weighted by molar-refractivity contribution is -0.170. The van der Waals surface area contributed by atoms with E-state index in [0.29, 0.717) is 0 Å². The molecule has 0 fully saturated rings. The van der Waals surface area contributed by atoms with E-state index in [0.717, 1.165) is 0 Å². The van der Waals surface area contributed by atoms with Crippen molar-refractivity contribution in [2.75, 3.05) is 0 Å². The summed E-state index contributed by atoms with van der Waals surface area (Å²) >= 11 is 0. The summed E-state index contributed by atoms with van der Waals surface area (Å²) in [6.45, 7) is 0. The fraction of sp³-hybridized carbons (Fsp3) is 0.500. The van der Waals surface area contributed by atoms with Gasteiger partial charge in [0.2, 0.25) is 0 Å². The molecule has 0 aromatic rings. The average Bonchev–Trinajstić information content (AvgIpc) is 2.34. The van der Waals surface area contributed by atoms with Gasteiger partial charge in [-0.3, -0.25) is 19.2 Å². The van der Waals surface area contributed by atoms with E-state index in [9.17, 15) is 28.8 Å². The van der Waals surface area contributed by atoms with Crippen LogP contribution in [0.15, 0.2) is 0 Å². The normalized spacial score (nSPS) is 10.4. The first-order chi connectivity index (χ1) is 11.6. The van der Waals surface area contributed by atoms with Gasteiger partial charge in [-0.15, -0.1) is 0 Å². The lowest BCUT2D eigenvalue weighted by Crippen LogP contribution is -2.42. The van der Waals surface area contributed by atoms with E-state index >= 15 is 0 Å². The minimum Gasteiger partial charge on any atom is -0.481 e. The lowest BCUT2D eigenvalue weighted by Gasteiger charge is -2.18. The van der Waals surface area contributed by atoms with Crippen LogP contribution in [-0.2, 0) is 28.8 Å². The maximum atomic E-state index is 10.3. The van der Waals surface area contributed by atoms with Crippen molar-refractivity contribution in [1.29, 1.82) is 0 Å². The predicted octanol–water partition coefficient (Wildman–Crippen LogP) is -2.88. The zero-order chi connectivity index (χ0) is 21.3. The maximum Gasteiger partial charge on any atom is 0.336 e. The third-order valence-electron chi connectivity index (χ3n) is 2.57. The van der Waals surface area contributed by atoms with E-state index in [1.54, 1.807) is 0 Å². The number of rotatable bonds is 10. The van der Waals surface area contributed by atoms with Gasteiger partial charge in [0, 0.05) is 8.41 Å². The lowest BCUT2D eigenvalue weighted by atomic mass is 9.96. The van der Waals surface area contributed by atoms with Gasteiger partial charge in [-0.2, -0.15) is 0 Å². The standard InChI is InChI=1S/2C6H8O7.B/c2*7-3(8)1-6(13,5(11)12)2-4(9)10;/h2*13H,1-2H2,(H,7,8)(H,9,10)(H,11,12);. The quantitative estimate of drug-likeness (QED) is 0.173. The van der Waals surface area contributed by atoms with Gasteiger partial charge in [-0.05, 0) is 0 Å². The van der Waals surface area contributed by atoms with Crippen LogP contribution in [0.1, 0.15) is 25.7 Å². The van der Waals surface area contributed by atoms with Crippen LogP contribution in [0, 0.1) is 0 Å². The van der Waals surface area contributed by atoms with Crippen molar-refractivity contribution in [3.63, 3.8) is 0 Å². The minimum atomic E-state index is -2.74. The highest BCUT2D eigenvalue weighted by Gasteiger charge is 2.41.